The summed E-state index contributed by atoms with van der Waals surface area (Å²) in [5.74, 6) is 0.162. The van der Waals surface area contributed by atoms with Gasteiger partial charge in [-0.15, -0.1) is 0 Å². The molecule has 1 rings (SSSR count). The minimum Gasteiger partial charge on any atom is -0.481 e. The zero-order chi connectivity index (χ0) is 15.8. The minimum absolute atomic E-state index is 0.0617. The predicted molar refractivity (Wildman–Crippen MR) is 78.7 cm³/mol. The highest BCUT2D eigenvalue weighted by Gasteiger charge is 2.17. The highest BCUT2D eigenvalue weighted by atomic mass is 16.4. The van der Waals surface area contributed by atoms with Gasteiger partial charge in [0.15, 0.2) is 0 Å². The van der Waals surface area contributed by atoms with Crippen molar-refractivity contribution in [2.75, 3.05) is 6.54 Å². The number of nitrogens with one attached hydrogen (secondary N) is 3. The first-order valence-corrected chi connectivity index (χ1v) is 7.14. The number of hydrogen-bond acceptors (Lipinski definition) is 3. The summed E-state index contributed by atoms with van der Waals surface area (Å²) < 4.78 is 0. The number of carboxylic acid groups (broad SMARTS) is 1. The van der Waals surface area contributed by atoms with E-state index in [0.29, 0.717) is 18.3 Å². The standard InChI is InChI=1S/C14H24N4O3/c1-9(2)6-11(7-12(19)20)8-17-14(21)18-10(3)13-15-4-5-16-13/h4-5,9-11H,6-8H2,1-3H3,(H,15,16)(H,19,20)(H2,17,18,21). The molecule has 7 heteroatoms. The Morgan fingerprint density at radius 3 is 2.62 bits per heavy atom. The van der Waals surface area contributed by atoms with Crippen molar-refractivity contribution < 1.29 is 14.7 Å². The highest BCUT2D eigenvalue weighted by Crippen LogP contribution is 2.14. The number of aromatic amines is 1. The molecule has 4 N–H and O–H groups in total. The third kappa shape index (κ3) is 6.78. The van der Waals surface area contributed by atoms with Crippen LogP contribution in [0.2, 0.25) is 0 Å². The van der Waals surface area contributed by atoms with Crippen molar-refractivity contribution in [3.63, 3.8) is 0 Å². The first kappa shape index (κ1) is 17.0. The van der Waals surface area contributed by atoms with Crippen molar-refractivity contribution in [2.24, 2.45) is 11.8 Å². The number of imidazole rings is 1. The van der Waals surface area contributed by atoms with E-state index in [-0.39, 0.29) is 24.4 Å². The molecule has 2 atom stereocenters. The summed E-state index contributed by atoms with van der Waals surface area (Å²) in [5.41, 5.74) is 0. The molecular formula is C14H24N4O3. The Bertz CT molecular complexity index is 445. The molecule has 1 aromatic heterocycles. The second kappa shape index (κ2) is 8.28. The van der Waals surface area contributed by atoms with Crippen molar-refractivity contribution in [3.05, 3.63) is 18.2 Å². The summed E-state index contributed by atoms with van der Waals surface area (Å²) in [6.07, 6.45) is 4.14. The molecule has 118 valence electrons. The van der Waals surface area contributed by atoms with Gasteiger partial charge in [-0.2, -0.15) is 0 Å². The van der Waals surface area contributed by atoms with Crippen molar-refractivity contribution in [1.29, 1.82) is 0 Å². The van der Waals surface area contributed by atoms with Crippen molar-refractivity contribution in [1.82, 2.24) is 20.6 Å². The topological polar surface area (TPSA) is 107 Å². The number of carbonyl (C=O) groups excluding carboxylic acids is 1. The van der Waals surface area contributed by atoms with E-state index in [4.69, 9.17) is 5.11 Å². The lowest BCUT2D eigenvalue weighted by molar-refractivity contribution is -0.138. The quantitative estimate of drug-likeness (QED) is 0.587. The van der Waals surface area contributed by atoms with Crippen LogP contribution in [0.5, 0.6) is 0 Å². The number of aromatic nitrogens is 2. The largest absolute Gasteiger partial charge is 0.481 e. The predicted octanol–water partition coefficient (Wildman–Crippen LogP) is 1.91. The van der Waals surface area contributed by atoms with E-state index < -0.39 is 5.97 Å². The molecule has 0 aliphatic carbocycles. The number of hydrogen-bond donors (Lipinski definition) is 4. The van der Waals surface area contributed by atoms with Gasteiger partial charge in [-0.3, -0.25) is 4.79 Å². The summed E-state index contributed by atoms with van der Waals surface area (Å²) in [5, 5.41) is 14.4. The molecule has 0 fully saturated rings. The van der Waals surface area contributed by atoms with Crippen LogP contribution in [0, 0.1) is 11.8 Å². The molecule has 0 aliphatic heterocycles. The van der Waals surface area contributed by atoms with Gasteiger partial charge in [0.1, 0.15) is 5.82 Å². The fourth-order valence-electron chi connectivity index (χ4n) is 2.22. The zero-order valence-corrected chi connectivity index (χ0v) is 12.7. The van der Waals surface area contributed by atoms with Crippen LogP contribution in [0.25, 0.3) is 0 Å². The molecule has 1 heterocycles. The van der Waals surface area contributed by atoms with E-state index in [9.17, 15) is 9.59 Å². The van der Waals surface area contributed by atoms with Crippen LogP contribution in [-0.4, -0.2) is 33.6 Å². The number of nitrogens with zero attached hydrogens (tertiary/aromatic N) is 1. The van der Waals surface area contributed by atoms with Gasteiger partial charge in [-0.05, 0) is 25.2 Å². The van der Waals surface area contributed by atoms with E-state index in [2.05, 4.69) is 20.6 Å². The van der Waals surface area contributed by atoms with Gasteiger partial charge >= 0.3 is 12.0 Å². The molecule has 0 aromatic carbocycles. The maximum atomic E-state index is 11.8. The Morgan fingerprint density at radius 1 is 1.38 bits per heavy atom. The fourth-order valence-corrected chi connectivity index (χ4v) is 2.22. The Labute approximate surface area is 124 Å². The highest BCUT2D eigenvalue weighted by molar-refractivity contribution is 5.74. The average Bonchev–Trinajstić information content (AvgIpc) is 2.88. The molecule has 0 aliphatic rings. The van der Waals surface area contributed by atoms with Gasteiger partial charge in [-0.25, -0.2) is 9.78 Å². The summed E-state index contributed by atoms with van der Waals surface area (Å²) in [6.45, 7) is 6.24. The lowest BCUT2D eigenvalue weighted by atomic mass is 9.94. The molecule has 0 radical (unpaired) electrons. The molecule has 2 unspecified atom stereocenters. The first-order valence-electron chi connectivity index (χ1n) is 7.14. The van der Waals surface area contributed by atoms with Gasteiger partial charge in [-0.1, -0.05) is 13.8 Å². The van der Waals surface area contributed by atoms with Gasteiger partial charge in [0, 0.05) is 25.4 Å². The Balaban J connectivity index is 2.40. The number of aliphatic carboxylic acids is 1. The van der Waals surface area contributed by atoms with Gasteiger partial charge in [0.05, 0.1) is 6.04 Å². The first-order chi connectivity index (χ1) is 9.88. The Hall–Kier alpha value is -2.05. The van der Waals surface area contributed by atoms with E-state index in [1.54, 1.807) is 12.4 Å². The van der Waals surface area contributed by atoms with Gasteiger partial charge < -0.3 is 20.7 Å². The van der Waals surface area contributed by atoms with E-state index in [0.717, 1.165) is 6.42 Å². The second-order valence-corrected chi connectivity index (χ2v) is 5.64. The van der Waals surface area contributed by atoms with Crippen molar-refractivity contribution in [2.45, 2.75) is 39.7 Å². The molecule has 21 heavy (non-hydrogen) atoms. The van der Waals surface area contributed by atoms with Gasteiger partial charge in [0.2, 0.25) is 0 Å². The van der Waals surface area contributed by atoms with Crippen LogP contribution in [0.15, 0.2) is 12.4 Å². The fraction of sp³-hybridized carbons (Fsp3) is 0.643. The molecule has 7 nitrogen and oxygen atoms in total. The van der Waals surface area contributed by atoms with Crippen LogP contribution in [-0.2, 0) is 4.79 Å². The third-order valence-corrected chi connectivity index (χ3v) is 3.10. The summed E-state index contributed by atoms with van der Waals surface area (Å²) in [4.78, 5) is 29.6. The smallest absolute Gasteiger partial charge is 0.315 e. The van der Waals surface area contributed by atoms with Crippen LogP contribution >= 0.6 is 0 Å². The average molecular weight is 296 g/mol. The second-order valence-electron chi connectivity index (χ2n) is 5.64. The van der Waals surface area contributed by atoms with Gasteiger partial charge in [0.25, 0.3) is 0 Å². The SMILES string of the molecule is CC(C)CC(CNC(=O)NC(C)c1ncc[nH]1)CC(=O)O. The van der Waals surface area contributed by atoms with E-state index in [1.807, 2.05) is 20.8 Å². The molecule has 0 spiro atoms. The molecule has 1 aromatic rings. The molecule has 0 saturated heterocycles. The summed E-state index contributed by atoms with van der Waals surface area (Å²) >= 11 is 0. The van der Waals surface area contributed by atoms with Crippen molar-refractivity contribution in [3.8, 4) is 0 Å². The maximum Gasteiger partial charge on any atom is 0.315 e. The minimum atomic E-state index is -0.841. The normalized spacial score (nSPS) is 13.7. The molecule has 2 amide bonds. The van der Waals surface area contributed by atoms with Crippen LogP contribution < -0.4 is 10.6 Å². The zero-order valence-electron chi connectivity index (χ0n) is 12.7. The maximum absolute atomic E-state index is 11.8. The number of H-pyrrole nitrogens is 1. The third-order valence-electron chi connectivity index (χ3n) is 3.10. The molecular weight excluding hydrogens is 272 g/mol. The van der Waals surface area contributed by atoms with E-state index >= 15 is 0 Å². The number of amides is 2. The Kier molecular flexibility index (Phi) is 6.71. The monoisotopic (exact) mass is 296 g/mol. The Morgan fingerprint density at radius 2 is 2.10 bits per heavy atom. The molecule has 0 saturated carbocycles. The van der Waals surface area contributed by atoms with Crippen LogP contribution in [0.3, 0.4) is 0 Å². The molecule has 0 bridgehead atoms. The van der Waals surface area contributed by atoms with E-state index in [1.165, 1.54) is 0 Å². The number of urea groups is 1. The number of carbonyl (C=O) groups is 2. The number of carboxylic acids is 1. The van der Waals surface area contributed by atoms with Crippen molar-refractivity contribution >= 4 is 12.0 Å². The lowest BCUT2D eigenvalue weighted by Crippen LogP contribution is -2.40. The summed E-state index contributed by atoms with van der Waals surface area (Å²) in [6, 6.07) is -0.555. The van der Waals surface area contributed by atoms with Crippen LogP contribution in [0.1, 0.15) is 45.5 Å². The van der Waals surface area contributed by atoms with Crippen LogP contribution in [0.4, 0.5) is 4.79 Å². The lowest BCUT2D eigenvalue weighted by Gasteiger charge is -2.19. The number of rotatable bonds is 8. The summed E-state index contributed by atoms with van der Waals surface area (Å²) in [7, 11) is 0.